The van der Waals surface area contributed by atoms with Gasteiger partial charge in [0.1, 0.15) is 5.82 Å². The molecule has 0 saturated carbocycles. The maximum Gasteiger partial charge on any atom is 0.418 e. The molecule has 2 heterocycles. The van der Waals surface area contributed by atoms with E-state index in [-0.39, 0.29) is 12.2 Å². The van der Waals surface area contributed by atoms with Gasteiger partial charge in [-0.15, -0.1) is 0 Å². The first-order valence-corrected chi connectivity index (χ1v) is 8.37. The van der Waals surface area contributed by atoms with E-state index in [2.05, 4.69) is 20.9 Å². The van der Waals surface area contributed by atoms with Crippen LogP contribution in [0.1, 0.15) is 23.2 Å². The molecule has 3 rings (SSSR count). The number of amides is 2. The molecule has 8 heteroatoms. The lowest BCUT2D eigenvalue weighted by Crippen LogP contribution is -2.31. The summed E-state index contributed by atoms with van der Waals surface area (Å²) in [4.78, 5) is 16.4. The minimum Gasteiger partial charge on any atom is -0.370 e. The number of fused-ring (bicyclic) bond motifs is 1. The normalized spacial score (nSPS) is 13.5. The third-order valence-corrected chi connectivity index (χ3v) is 4.10. The monoisotopic (exact) mass is 364 g/mol. The molecule has 0 bridgehead atoms. The minimum absolute atomic E-state index is 0.270. The van der Waals surface area contributed by atoms with Gasteiger partial charge in [-0.05, 0) is 36.6 Å². The van der Waals surface area contributed by atoms with Gasteiger partial charge in [-0.1, -0.05) is 18.2 Å². The van der Waals surface area contributed by atoms with Crippen molar-refractivity contribution < 1.29 is 18.0 Å². The highest BCUT2D eigenvalue weighted by molar-refractivity contribution is 5.90. The Bertz CT molecular complexity index is 792. The maximum absolute atomic E-state index is 12.9. The Labute approximate surface area is 149 Å². The predicted octanol–water partition coefficient (Wildman–Crippen LogP) is 3.82. The highest BCUT2D eigenvalue weighted by atomic mass is 19.4. The Balaban J connectivity index is 1.54. The number of pyridine rings is 1. The van der Waals surface area contributed by atoms with Gasteiger partial charge in [0.15, 0.2) is 0 Å². The van der Waals surface area contributed by atoms with Crippen LogP contribution in [0.5, 0.6) is 0 Å². The molecule has 0 radical (unpaired) electrons. The second-order valence-corrected chi connectivity index (χ2v) is 6.01. The fourth-order valence-electron chi connectivity index (χ4n) is 2.82. The van der Waals surface area contributed by atoms with Crippen molar-refractivity contribution in [2.75, 3.05) is 23.7 Å². The fourth-order valence-corrected chi connectivity index (χ4v) is 2.82. The van der Waals surface area contributed by atoms with Gasteiger partial charge in [0.2, 0.25) is 0 Å². The van der Waals surface area contributed by atoms with Crippen molar-refractivity contribution in [3.8, 4) is 0 Å². The van der Waals surface area contributed by atoms with Crippen molar-refractivity contribution in [3.63, 3.8) is 0 Å². The van der Waals surface area contributed by atoms with Crippen molar-refractivity contribution in [2.24, 2.45) is 0 Å². The van der Waals surface area contributed by atoms with E-state index < -0.39 is 17.8 Å². The molecule has 0 fully saturated rings. The van der Waals surface area contributed by atoms with Crippen LogP contribution >= 0.6 is 0 Å². The first kappa shape index (κ1) is 18.0. The van der Waals surface area contributed by atoms with Crippen LogP contribution in [0.4, 0.5) is 29.5 Å². The van der Waals surface area contributed by atoms with E-state index >= 15 is 0 Å². The summed E-state index contributed by atoms with van der Waals surface area (Å²) in [6, 6.07) is 8.11. The molecule has 1 aromatic heterocycles. The number of alkyl halides is 3. The van der Waals surface area contributed by atoms with Gasteiger partial charge in [0.05, 0.1) is 11.3 Å². The SMILES string of the molecule is O=C(NCCc1ccc2c(n1)NCCC2)Nc1ccccc1C(F)(F)F. The molecule has 2 aromatic rings. The molecule has 3 N–H and O–H groups in total. The summed E-state index contributed by atoms with van der Waals surface area (Å²) in [7, 11) is 0. The number of halogens is 3. The lowest BCUT2D eigenvalue weighted by atomic mass is 10.1. The number of para-hydroxylation sites is 1. The Morgan fingerprint density at radius 3 is 2.81 bits per heavy atom. The molecule has 0 aliphatic carbocycles. The van der Waals surface area contributed by atoms with Gasteiger partial charge in [0, 0.05) is 25.2 Å². The third-order valence-electron chi connectivity index (χ3n) is 4.10. The molecule has 2 amide bonds. The zero-order valence-corrected chi connectivity index (χ0v) is 14.0. The number of rotatable bonds is 4. The summed E-state index contributed by atoms with van der Waals surface area (Å²) in [6.07, 6.45) is -1.96. The Morgan fingerprint density at radius 1 is 1.19 bits per heavy atom. The smallest absolute Gasteiger partial charge is 0.370 e. The highest BCUT2D eigenvalue weighted by Crippen LogP contribution is 2.34. The van der Waals surface area contributed by atoms with Crippen molar-refractivity contribution in [1.29, 1.82) is 0 Å². The van der Waals surface area contributed by atoms with Crippen LogP contribution in [0.15, 0.2) is 36.4 Å². The molecule has 1 aromatic carbocycles. The Morgan fingerprint density at radius 2 is 2.00 bits per heavy atom. The molecule has 0 saturated heterocycles. The molecule has 138 valence electrons. The summed E-state index contributed by atoms with van der Waals surface area (Å²) >= 11 is 0. The molecule has 1 aliphatic heterocycles. The summed E-state index contributed by atoms with van der Waals surface area (Å²) in [5.41, 5.74) is 0.842. The number of nitrogens with zero attached hydrogens (tertiary/aromatic N) is 1. The highest BCUT2D eigenvalue weighted by Gasteiger charge is 2.33. The van der Waals surface area contributed by atoms with Gasteiger partial charge in [-0.25, -0.2) is 9.78 Å². The zero-order valence-electron chi connectivity index (χ0n) is 14.0. The molecule has 5 nitrogen and oxygen atoms in total. The number of urea groups is 1. The lowest BCUT2D eigenvalue weighted by molar-refractivity contribution is -0.136. The fraction of sp³-hybridized carbons (Fsp3) is 0.333. The third kappa shape index (κ3) is 4.44. The summed E-state index contributed by atoms with van der Waals surface area (Å²) in [6.45, 7) is 1.16. The molecule has 0 atom stereocenters. The Hall–Kier alpha value is -2.77. The van der Waals surface area contributed by atoms with Gasteiger partial charge >= 0.3 is 12.2 Å². The number of nitrogens with one attached hydrogen (secondary N) is 3. The van der Waals surface area contributed by atoms with Crippen LogP contribution in [0.25, 0.3) is 0 Å². The van der Waals surface area contributed by atoms with Crippen LogP contribution in [-0.4, -0.2) is 24.1 Å². The Kier molecular flexibility index (Phi) is 5.29. The van der Waals surface area contributed by atoms with Gasteiger partial charge in [0.25, 0.3) is 0 Å². The van der Waals surface area contributed by atoms with E-state index in [1.165, 1.54) is 23.8 Å². The number of aryl methyl sites for hydroxylation is 1. The number of aromatic nitrogens is 1. The average molecular weight is 364 g/mol. The molecular formula is C18H19F3N4O. The quantitative estimate of drug-likeness (QED) is 0.773. The zero-order chi connectivity index (χ0) is 18.6. The molecule has 26 heavy (non-hydrogen) atoms. The summed E-state index contributed by atoms with van der Waals surface area (Å²) < 4.78 is 38.8. The van der Waals surface area contributed by atoms with E-state index in [9.17, 15) is 18.0 Å². The van der Waals surface area contributed by atoms with Crippen molar-refractivity contribution in [1.82, 2.24) is 10.3 Å². The van der Waals surface area contributed by atoms with Crippen molar-refractivity contribution in [2.45, 2.75) is 25.4 Å². The van der Waals surface area contributed by atoms with Gasteiger partial charge in [-0.3, -0.25) is 0 Å². The van der Waals surface area contributed by atoms with Crippen LogP contribution in [0, 0.1) is 0 Å². The number of hydrogen-bond acceptors (Lipinski definition) is 3. The number of carbonyl (C=O) groups is 1. The van der Waals surface area contributed by atoms with E-state index in [4.69, 9.17) is 0 Å². The van der Waals surface area contributed by atoms with Gasteiger partial charge < -0.3 is 16.0 Å². The van der Waals surface area contributed by atoms with Crippen LogP contribution in [0.2, 0.25) is 0 Å². The van der Waals surface area contributed by atoms with Gasteiger partial charge in [-0.2, -0.15) is 13.2 Å². The largest absolute Gasteiger partial charge is 0.418 e. The number of hydrogen-bond donors (Lipinski definition) is 3. The minimum atomic E-state index is -4.52. The second kappa shape index (κ2) is 7.63. The number of benzene rings is 1. The molecule has 0 spiro atoms. The topological polar surface area (TPSA) is 66.0 Å². The van der Waals surface area contributed by atoms with E-state index in [0.717, 1.165) is 37.0 Å². The average Bonchev–Trinajstić information content (AvgIpc) is 2.61. The predicted molar refractivity (Wildman–Crippen MR) is 93.2 cm³/mol. The standard InChI is InChI=1S/C18H19F3N4O/c19-18(20,21)14-5-1-2-6-15(14)25-17(26)23-11-9-13-8-7-12-4-3-10-22-16(12)24-13/h1-2,5-8H,3-4,9-11H2,(H,22,24)(H2,23,25,26). The molecular weight excluding hydrogens is 345 g/mol. The lowest BCUT2D eigenvalue weighted by Gasteiger charge is -2.17. The van der Waals surface area contributed by atoms with E-state index in [1.54, 1.807) is 0 Å². The van der Waals surface area contributed by atoms with Crippen LogP contribution in [-0.2, 0) is 19.0 Å². The second-order valence-electron chi connectivity index (χ2n) is 6.01. The van der Waals surface area contributed by atoms with Crippen LogP contribution in [0.3, 0.4) is 0 Å². The van der Waals surface area contributed by atoms with E-state index in [0.29, 0.717) is 6.42 Å². The number of anilines is 2. The van der Waals surface area contributed by atoms with Crippen molar-refractivity contribution >= 4 is 17.5 Å². The van der Waals surface area contributed by atoms with E-state index in [1.807, 2.05) is 12.1 Å². The summed E-state index contributed by atoms with van der Waals surface area (Å²) in [5, 5.41) is 8.05. The van der Waals surface area contributed by atoms with Crippen molar-refractivity contribution in [3.05, 3.63) is 53.2 Å². The number of carbonyl (C=O) groups excluding carboxylic acids is 1. The van der Waals surface area contributed by atoms with Crippen LogP contribution < -0.4 is 16.0 Å². The summed E-state index contributed by atoms with van der Waals surface area (Å²) in [5.74, 6) is 0.873. The first-order valence-electron chi connectivity index (χ1n) is 8.37. The first-order chi connectivity index (χ1) is 12.4. The molecule has 0 unspecified atom stereocenters. The molecule has 1 aliphatic rings. The maximum atomic E-state index is 12.9.